The molecule has 0 saturated heterocycles. The van der Waals surface area contributed by atoms with E-state index in [1.165, 1.54) is 22.7 Å². The van der Waals surface area contributed by atoms with Gasteiger partial charge in [-0.2, -0.15) is 0 Å². The summed E-state index contributed by atoms with van der Waals surface area (Å²) >= 11 is 27.9. The van der Waals surface area contributed by atoms with Gasteiger partial charge in [0.25, 0.3) is 0 Å². The summed E-state index contributed by atoms with van der Waals surface area (Å²) in [5, 5.41) is 2.34. The third kappa shape index (κ3) is 4.22. The van der Waals surface area contributed by atoms with Crippen molar-refractivity contribution < 1.29 is 19.1 Å². The highest BCUT2D eigenvalue weighted by atomic mass is 35.5. The molecule has 0 radical (unpaired) electrons. The number of hydrogen-bond acceptors (Lipinski definition) is 6. The summed E-state index contributed by atoms with van der Waals surface area (Å²) in [6, 6.07) is 14.9. The molecule has 1 fully saturated rings. The molecule has 2 heterocycles. The Morgan fingerprint density at radius 2 is 1.15 bits per heavy atom. The van der Waals surface area contributed by atoms with Crippen LogP contribution in [-0.2, 0) is 9.47 Å². The van der Waals surface area contributed by atoms with Crippen LogP contribution in [0, 0.1) is 11.8 Å². The zero-order valence-electron chi connectivity index (χ0n) is 16.6. The monoisotopic (exact) mass is 558 g/mol. The molecule has 2 aromatic heterocycles. The summed E-state index contributed by atoms with van der Waals surface area (Å²) in [4.78, 5) is 25.8. The quantitative estimate of drug-likeness (QED) is 0.178. The van der Waals surface area contributed by atoms with Gasteiger partial charge in [-0.05, 0) is 12.1 Å². The SMILES string of the molecule is O=C(OCC1C(COC(=O)c2sc3ccccc3c2Cl)C1(Cl)Cl)c1sc2ccccc2c1Cl. The molecule has 1 saturated carbocycles. The van der Waals surface area contributed by atoms with E-state index in [0.717, 1.165) is 20.2 Å². The fraction of sp³-hybridized carbons (Fsp3) is 0.217. The fourth-order valence-electron chi connectivity index (χ4n) is 3.67. The minimum atomic E-state index is -1.16. The summed E-state index contributed by atoms with van der Waals surface area (Å²) in [6.07, 6.45) is 0. The first kappa shape index (κ1) is 23.2. The van der Waals surface area contributed by atoms with Crippen LogP contribution in [-0.4, -0.2) is 29.5 Å². The summed E-state index contributed by atoms with van der Waals surface area (Å²) in [6.45, 7) is -0.0233. The molecule has 5 rings (SSSR count). The number of thiophene rings is 2. The van der Waals surface area contributed by atoms with Crippen molar-refractivity contribution in [2.45, 2.75) is 4.33 Å². The maximum Gasteiger partial charge on any atom is 0.349 e. The van der Waals surface area contributed by atoms with E-state index in [1.807, 2.05) is 48.5 Å². The van der Waals surface area contributed by atoms with E-state index in [1.54, 1.807) is 0 Å². The Bertz CT molecular complexity index is 1290. The van der Waals surface area contributed by atoms with Crippen LogP contribution in [0.2, 0.25) is 10.0 Å². The van der Waals surface area contributed by atoms with Crippen LogP contribution >= 0.6 is 69.1 Å². The van der Waals surface area contributed by atoms with Crippen molar-refractivity contribution in [2.24, 2.45) is 11.8 Å². The second-order valence-electron chi connectivity index (χ2n) is 7.57. The number of halogens is 4. The Labute approximate surface area is 216 Å². The number of esters is 2. The number of carbonyl (C=O) groups excluding carboxylic acids is 2. The molecule has 0 bridgehead atoms. The lowest BCUT2D eigenvalue weighted by atomic mass is 10.2. The Hall–Kier alpha value is -1.54. The molecule has 2 aromatic carbocycles. The largest absolute Gasteiger partial charge is 0.461 e. The van der Waals surface area contributed by atoms with Crippen LogP contribution in [0.5, 0.6) is 0 Å². The van der Waals surface area contributed by atoms with Crippen molar-refractivity contribution in [1.29, 1.82) is 0 Å². The average molecular weight is 560 g/mol. The van der Waals surface area contributed by atoms with Gasteiger partial charge in [-0.3, -0.25) is 0 Å². The first-order chi connectivity index (χ1) is 15.8. The predicted octanol–water partition coefficient (Wildman–Crippen LogP) is 7.86. The smallest absolute Gasteiger partial charge is 0.349 e. The Balaban J connectivity index is 1.20. The van der Waals surface area contributed by atoms with E-state index in [-0.39, 0.29) is 25.0 Å². The molecule has 2 unspecified atom stereocenters. The Kier molecular flexibility index (Phi) is 6.27. The predicted molar refractivity (Wildman–Crippen MR) is 136 cm³/mol. The Morgan fingerprint density at radius 1 is 0.758 bits per heavy atom. The van der Waals surface area contributed by atoms with Crippen molar-refractivity contribution >= 4 is 101 Å². The minimum absolute atomic E-state index is 0.0116. The van der Waals surface area contributed by atoms with Gasteiger partial charge in [0.1, 0.15) is 14.1 Å². The maximum atomic E-state index is 12.6. The van der Waals surface area contributed by atoms with Gasteiger partial charge in [0.2, 0.25) is 0 Å². The van der Waals surface area contributed by atoms with Crippen molar-refractivity contribution in [3.8, 4) is 0 Å². The van der Waals surface area contributed by atoms with Gasteiger partial charge in [-0.1, -0.05) is 59.6 Å². The molecule has 4 nitrogen and oxygen atoms in total. The van der Waals surface area contributed by atoms with Crippen molar-refractivity contribution in [3.63, 3.8) is 0 Å². The molecule has 0 N–H and O–H groups in total. The number of fused-ring (bicyclic) bond motifs is 2. The number of ether oxygens (including phenoxy) is 2. The van der Waals surface area contributed by atoms with Crippen molar-refractivity contribution in [3.05, 3.63) is 68.3 Å². The molecular formula is C23H14Cl4O4S2. The zero-order chi connectivity index (χ0) is 23.3. The third-order valence-electron chi connectivity index (χ3n) is 5.59. The highest BCUT2D eigenvalue weighted by Crippen LogP contribution is 2.59. The lowest BCUT2D eigenvalue weighted by Gasteiger charge is -2.04. The molecule has 0 aliphatic heterocycles. The van der Waals surface area contributed by atoms with E-state index in [4.69, 9.17) is 55.9 Å². The van der Waals surface area contributed by atoms with Crippen LogP contribution in [0.1, 0.15) is 19.3 Å². The van der Waals surface area contributed by atoms with E-state index >= 15 is 0 Å². The number of hydrogen-bond donors (Lipinski definition) is 0. The second-order valence-corrected chi connectivity index (χ2v) is 11.9. The van der Waals surface area contributed by atoms with Gasteiger partial charge < -0.3 is 9.47 Å². The minimum Gasteiger partial charge on any atom is -0.461 e. The normalized spacial score (nSPS) is 19.0. The summed E-state index contributed by atoms with van der Waals surface area (Å²) in [5.74, 6) is -1.82. The Morgan fingerprint density at radius 3 is 1.55 bits per heavy atom. The summed E-state index contributed by atoms with van der Waals surface area (Å²) < 4.78 is 11.5. The van der Waals surface area contributed by atoms with Crippen LogP contribution in [0.3, 0.4) is 0 Å². The first-order valence-electron chi connectivity index (χ1n) is 9.85. The molecule has 0 amide bonds. The standard InChI is InChI=1S/C23H14Cl4O4S2/c24-17-11-5-1-3-7-15(11)32-19(17)21(28)30-9-13-14(23(13,26)27)10-31-22(29)20-18(25)12-6-2-4-8-16(12)33-20/h1-8,13-14H,9-10H2. The van der Waals surface area contributed by atoms with E-state index in [9.17, 15) is 9.59 Å². The van der Waals surface area contributed by atoms with E-state index < -0.39 is 16.3 Å². The molecule has 33 heavy (non-hydrogen) atoms. The van der Waals surface area contributed by atoms with Gasteiger partial charge >= 0.3 is 11.9 Å². The molecule has 10 heteroatoms. The highest BCUT2D eigenvalue weighted by Gasteiger charge is 2.64. The van der Waals surface area contributed by atoms with Gasteiger partial charge in [0.05, 0.1) is 23.3 Å². The van der Waals surface area contributed by atoms with E-state index in [2.05, 4.69) is 0 Å². The van der Waals surface area contributed by atoms with Crippen molar-refractivity contribution in [2.75, 3.05) is 13.2 Å². The van der Waals surface area contributed by atoms with Crippen LogP contribution in [0.15, 0.2) is 48.5 Å². The van der Waals surface area contributed by atoms with Gasteiger partial charge in [-0.25, -0.2) is 9.59 Å². The summed E-state index contributed by atoms with van der Waals surface area (Å²) in [5.41, 5.74) is 0. The molecular weight excluding hydrogens is 546 g/mol. The van der Waals surface area contributed by atoms with Gasteiger partial charge in [0, 0.05) is 32.0 Å². The van der Waals surface area contributed by atoms with Crippen LogP contribution < -0.4 is 0 Å². The lowest BCUT2D eigenvalue weighted by Crippen LogP contribution is -2.10. The summed E-state index contributed by atoms with van der Waals surface area (Å²) in [7, 11) is 0. The third-order valence-corrected chi connectivity index (χ3v) is 10.0. The first-order valence-corrected chi connectivity index (χ1v) is 13.0. The lowest BCUT2D eigenvalue weighted by molar-refractivity contribution is 0.0425. The molecule has 1 aliphatic rings. The van der Waals surface area contributed by atoms with Gasteiger partial charge in [0.15, 0.2) is 0 Å². The second kappa shape index (κ2) is 8.91. The fourth-order valence-corrected chi connectivity index (χ4v) is 7.21. The number of alkyl halides is 2. The molecule has 0 spiro atoms. The molecule has 170 valence electrons. The van der Waals surface area contributed by atoms with Gasteiger partial charge in [-0.15, -0.1) is 45.9 Å². The van der Waals surface area contributed by atoms with Crippen molar-refractivity contribution in [1.82, 2.24) is 0 Å². The number of carbonyl (C=O) groups is 2. The molecule has 1 aliphatic carbocycles. The highest BCUT2D eigenvalue weighted by molar-refractivity contribution is 7.22. The average Bonchev–Trinajstić information content (AvgIpc) is 3.05. The number of benzene rings is 2. The maximum absolute atomic E-state index is 12.6. The topological polar surface area (TPSA) is 52.6 Å². The zero-order valence-corrected chi connectivity index (χ0v) is 21.3. The number of rotatable bonds is 6. The van der Waals surface area contributed by atoms with Crippen LogP contribution in [0.25, 0.3) is 20.2 Å². The molecule has 4 aromatic rings. The van der Waals surface area contributed by atoms with Crippen LogP contribution in [0.4, 0.5) is 0 Å². The molecule has 2 atom stereocenters. The van der Waals surface area contributed by atoms with E-state index in [0.29, 0.717) is 19.8 Å².